The number of nitrogens with two attached hydrogens (primary N) is 1. The van der Waals surface area contributed by atoms with Crippen LogP contribution < -0.4 is 11.1 Å². The number of aromatic nitrogens is 2. The zero-order chi connectivity index (χ0) is 28.2. The standard InChI is InChI=1S/C29H29FN6O4/c1-17-2-3-19-11-23(30)6-4-21(19)14-35(17)26(38)16-36-27(39)29(33-28(36)40)9-8-20-10-18(5-7-24(20)29)22-12-32-34(13-22)15-25(31)37/h4-7,10-13,17H,2-3,8-9,14-16H2,1H3,(H2,31,37)(H,33,40)/t17-,29?/m1/s1. The lowest BCUT2D eigenvalue weighted by molar-refractivity contribution is -0.140. The van der Waals surface area contributed by atoms with Crippen LogP contribution in [0.1, 0.15) is 42.0 Å². The van der Waals surface area contributed by atoms with Crippen molar-refractivity contribution in [1.82, 2.24) is 24.9 Å². The van der Waals surface area contributed by atoms with Gasteiger partial charge < -0.3 is 16.0 Å². The molecular weight excluding hydrogens is 515 g/mol. The molecule has 3 aromatic rings. The van der Waals surface area contributed by atoms with E-state index in [-0.39, 0.29) is 30.9 Å². The highest BCUT2D eigenvalue weighted by Crippen LogP contribution is 2.42. The number of hydrogen-bond donors (Lipinski definition) is 2. The predicted molar refractivity (Wildman–Crippen MR) is 142 cm³/mol. The van der Waals surface area contributed by atoms with Gasteiger partial charge in [-0.05, 0) is 72.6 Å². The summed E-state index contributed by atoms with van der Waals surface area (Å²) in [6.07, 6.45) is 5.64. The van der Waals surface area contributed by atoms with E-state index in [0.29, 0.717) is 37.8 Å². The number of carbonyl (C=O) groups is 4. The first-order chi connectivity index (χ1) is 19.1. The number of fused-ring (bicyclic) bond motifs is 3. The largest absolute Gasteiger partial charge is 0.368 e. The Hall–Kier alpha value is -4.54. The van der Waals surface area contributed by atoms with Crippen LogP contribution in [0.25, 0.3) is 11.1 Å². The van der Waals surface area contributed by atoms with Crippen molar-refractivity contribution >= 4 is 23.8 Å². The van der Waals surface area contributed by atoms with Crippen molar-refractivity contribution in [3.63, 3.8) is 0 Å². The summed E-state index contributed by atoms with van der Waals surface area (Å²) in [5, 5.41) is 7.05. The van der Waals surface area contributed by atoms with Crippen LogP contribution in [0.3, 0.4) is 0 Å². The van der Waals surface area contributed by atoms with E-state index in [2.05, 4.69) is 10.4 Å². The van der Waals surface area contributed by atoms with Gasteiger partial charge in [0.2, 0.25) is 11.8 Å². The average Bonchev–Trinajstić information content (AvgIpc) is 3.55. The number of rotatable bonds is 5. The molecule has 10 nitrogen and oxygen atoms in total. The van der Waals surface area contributed by atoms with E-state index >= 15 is 0 Å². The van der Waals surface area contributed by atoms with Crippen LogP contribution in [0, 0.1) is 5.82 Å². The summed E-state index contributed by atoms with van der Waals surface area (Å²) in [5.41, 5.74) is 9.09. The first kappa shape index (κ1) is 25.7. The number of amides is 5. The lowest BCUT2D eigenvalue weighted by Gasteiger charge is -2.29. The average molecular weight is 545 g/mol. The lowest BCUT2D eigenvalue weighted by Crippen LogP contribution is -2.46. The Bertz CT molecular complexity index is 1570. The number of urea groups is 1. The fraction of sp³-hybridized carbons (Fsp3) is 0.345. The molecule has 1 saturated heterocycles. The number of nitrogens with zero attached hydrogens (tertiary/aromatic N) is 4. The molecule has 3 heterocycles. The molecule has 2 aliphatic heterocycles. The van der Waals surface area contributed by atoms with E-state index in [1.54, 1.807) is 23.4 Å². The van der Waals surface area contributed by atoms with Crippen LogP contribution in [0.4, 0.5) is 9.18 Å². The third-order valence-corrected chi connectivity index (χ3v) is 8.28. The molecule has 0 radical (unpaired) electrons. The molecule has 0 saturated carbocycles. The van der Waals surface area contributed by atoms with Gasteiger partial charge in [0.25, 0.3) is 5.91 Å². The maximum absolute atomic E-state index is 13.7. The van der Waals surface area contributed by atoms with Crippen molar-refractivity contribution in [2.75, 3.05) is 6.54 Å². The summed E-state index contributed by atoms with van der Waals surface area (Å²) in [6, 6.07) is 9.51. The van der Waals surface area contributed by atoms with Crippen LogP contribution in [-0.4, -0.2) is 55.9 Å². The van der Waals surface area contributed by atoms with Crippen molar-refractivity contribution in [2.45, 2.75) is 57.3 Å². The van der Waals surface area contributed by atoms with Gasteiger partial charge in [0, 0.05) is 24.3 Å². The number of benzene rings is 2. The first-order valence-corrected chi connectivity index (χ1v) is 13.3. The first-order valence-electron chi connectivity index (χ1n) is 13.3. The number of hydrogen-bond acceptors (Lipinski definition) is 5. The van der Waals surface area contributed by atoms with Crippen LogP contribution >= 0.6 is 0 Å². The maximum Gasteiger partial charge on any atom is 0.325 e. The molecule has 6 rings (SSSR count). The van der Waals surface area contributed by atoms with Crippen molar-refractivity contribution < 1.29 is 23.6 Å². The van der Waals surface area contributed by atoms with Gasteiger partial charge in [0.05, 0.1) is 6.20 Å². The number of carbonyl (C=O) groups excluding carboxylic acids is 4. The van der Waals surface area contributed by atoms with Gasteiger partial charge >= 0.3 is 6.03 Å². The quantitative estimate of drug-likeness (QED) is 0.476. The Morgan fingerprint density at radius 3 is 2.70 bits per heavy atom. The lowest BCUT2D eigenvalue weighted by atomic mass is 9.90. The second-order valence-electron chi connectivity index (χ2n) is 10.8. The third kappa shape index (κ3) is 4.31. The molecule has 0 bridgehead atoms. The van der Waals surface area contributed by atoms with Gasteiger partial charge in [-0.15, -0.1) is 0 Å². The molecule has 5 amide bonds. The minimum absolute atomic E-state index is 0.0234. The molecule has 2 atom stereocenters. The Morgan fingerprint density at radius 2 is 1.90 bits per heavy atom. The zero-order valence-corrected chi connectivity index (χ0v) is 22.0. The number of imide groups is 1. The molecular formula is C29H29FN6O4. The summed E-state index contributed by atoms with van der Waals surface area (Å²) in [4.78, 5) is 54.1. The van der Waals surface area contributed by atoms with Gasteiger partial charge in [-0.1, -0.05) is 24.3 Å². The Labute approximate surface area is 229 Å². The molecule has 11 heteroatoms. The summed E-state index contributed by atoms with van der Waals surface area (Å²) in [6.45, 7) is 1.84. The zero-order valence-electron chi connectivity index (χ0n) is 22.0. The van der Waals surface area contributed by atoms with E-state index < -0.39 is 23.4 Å². The predicted octanol–water partition coefficient (Wildman–Crippen LogP) is 2.23. The number of halogens is 1. The van der Waals surface area contributed by atoms with Gasteiger partial charge in [0.1, 0.15) is 24.4 Å². The van der Waals surface area contributed by atoms with E-state index in [1.807, 2.05) is 25.1 Å². The molecule has 1 aromatic heterocycles. The molecule has 3 aliphatic rings. The van der Waals surface area contributed by atoms with Crippen LogP contribution in [0.2, 0.25) is 0 Å². The van der Waals surface area contributed by atoms with Crippen molar-refractivity contribution in [1.29, 1.82) is 0 Å². The molecule has 2 aromatic carbocycles. The van der Waals surface area contributed by atoms with Gasteiger partial charge in [-0.3, -0.25) is 24.0 Å². The van der Waals surface area contributed by atoms with Crippen LogP contribution in [0.5, 0.6) is 0 Å². The van der Waals surface area contributed by atoms with E-state index in [4.69, 9.17) is 5.73 Å². The van der Waals surface area contributed by atoms with Crippen molar-refractivity contribution in [3.8, 4) is 11.1 Å². The Kier molecular flexibility index (Phi) is 6.16. The summed E-state index contributed by atoms with van der Waals surface area (Å²) in [7, 11) is 0. The molecule has 206 valence electrons. The Morgan fingerprint density at radius 1 is 1.07 bits per heavy atom. The van der Waals surface area contributed by atoms with Gasteiger partial charge in [-0.25, -0.2) is 9.18 Å². The van der Waals surface area contributed by atoms with Gasteiger partial charge in [0.15, 0.2) is 0 Å². The van der Waals surface area contributed by atoms with E-state index in [1.165, 1.54) is 16.8 Å². The summed E-state index contributed by atoms with van der Waals surface area (Å²) < 4.78 is 15.2. The van der Waals surface area contributed by atoms with Crippen molar-refractivity contribution in [2.24, 2.45) is 5.73 Å². The number of aryl methyl sites for hydroxylation is 2. The highest BCUT2D eigenvalue weighted by atomic mass is 19.1. The SMILES string of the molecule is C[C@@H]1CCc2cc(F)ccc2CN1C(=O)CN1C(=O)NC2(CCc3cc(-c4cnn(CC(N)=O)c4)ccc32)C1=O. The van der Waals surface area contributed by atoms with E-state index in [9.17, 15) is 23.6 Å². The molecule has 1 spiro atoms. The normalized spacial score (nSPS) is 21.8. The molecule has 1 aliphatic carbocycles. The fourth-order valence-corrected chi connectivity index (χ4v) is 6.13. The molecule has 1 fully saturated rings. The third-order valence-electron chi connectivity index (χ3n) is 8.28. The van der Waals surface area contributed by atoms with E-state index in [0.717, 1.165) is 32.7 Å². The molecule has 3 N–H and O–H groups in total. The summed E-state index contributed by atoms with van der Waals surface area (Å²) in [5.74, 6) is -1.56. The minimum atomic E-state index is -1.21. The smallest absolute Gasteiger partial charge is 0.325 e. The van der Waals surface area contributed by atoms with Crippen LogP contribution in [0.15, 0.2) is 48.8 Å². The molecule has 40 heavy (non-hydrogen) atoms. The number of primary amides is 1. The van der Waals surface area contributed by atoms with Crippen LogP contribution in [-0.2, 0) is 45.9 Å². The maximum atomic E-state index is 13.7. The second kappa shape index (κ2) is 9.58. The highest BCUT2D eigenvalue weighted by molar-refractivity contribution is 6.10. The topological polar surface area (TPSA) is 131 Å². The van der Waals surface area contributed by atoms with Gasteiger partial charge in [-0.2, -0.15) is 5.10 Å². The van der Waals surface area contributed by atoms with Crippen molar-refractivity contribution in [3.05, 3.63) is 76.9 Å². The monoisotopic (exact) mass is 544 g/mol. The fourth-order valence-electron chi connectivity index (χ4n) is 6.13. The molecule has 1 unspecified atom stereocenters. The Balaban J connectivity index is 1.21. The minimum Gasteiger partial charge on any atom is -0.368 e. The number of nitrogens with one attached hydrogen (secondary N) is 1. The summed E-state index contributed by atoms with van der Waals surface area (Å²) >= 11 is 0. The second-order valence-corrected chi connectivity index (χ2v) is 10.8. The highest BCUT2D eigenvalue weighted by Gasteiger charge is 2.55.